The van der Waals surface area contributed by atoms with Gasteiger partial charge in [0.25, 0.3) is 0 Å². The van der Waals surface area contributed by atoms with E-state index in [4.69, 9.17) is 5.73 Å². The Balaban J connectivity index is 2.49. The van der Waals surface area contributed by atoms with E-state index < -0.39 is 5.91 Å². The highest BCUT2D eigenvalue weighted by molar-refractivity contribution is 5.86. The van der Waals surface area contributed by atoms with Gasteiger partial charge < -0.3 is 16.0 Å². The van der Waals surface area contributed by atoms with E-state index in [9.17, 15) is 9.59 Å². The Hall–Kier alpha value is -1.10. The first-order valence-corrected chi connectivity index (χ1v) is 5.81. The molecule has 0 aliphatic carbocycles. The predicted octanol–water partition coefficient (Wildman–Crippen LogP) is -0.292. The van der Waals surface area contributed by atoms with Crippen molar-refractivity contribution < 1.29 is 9.59 Å². The molecule has 0 aromatic rings. The van der Waals surface area contributed by atoms with Gasteiger partial charge in [0.1, 0.15) is 0 Å². The first kappa shape index (κ1) is 13.0. The van der Waals surface area contributed by atoms with Crippen LogP contribution in [-0.4, -0.2) is 42.9 Å². The summed E-state index contributed by atoms with van der Waals surface area (Å²) < 4.78 is 0. The van der Waals surface area contributed by atoms with Crippen LogP contribution in [0.4, 0.5) is 0 Å². The number of hydrogen-bond donors (Lipinski definition) is 2. The molecule has 1 rings (SSSR count). The normalized spacial score (nSPS) is 25.1. The van der Waals surface area contributed by atoms with E-state index in [-0.39, 0.29) is 18.5 Å². The van der Waals surface area contributed by atoms with Crippen molar-refractivity contribution in [3.63, 3.8) is 0 Å². The second-order valence-electron chi connectivity index (χ2n) is 4.47. The maximum Gasteiger partial charge on any atom is 0.239 e. The van der Waals surface area contributed by atoms with Gasteiger partial charge in [0, 0.05) is 7.05 Å². The SMILES string of the molecule is CCC1CCNC(C(=O)N(C)CC(N)=O)C1. The Morgan fingerprint density at radius 2 is 2.19 bits per heavy atom. The number of carbonyl (C=O) groups is 2. The molecule has 0 bridgehead atoms. The highest BCUT2D eigenvalue weighted by atomic mass is 16.2. The molecular weight excluding hydrogens is 206 g/mol. The van der Waals surface area contributed by atoms with Gasteiger partial charge in [0.15, 0.2) is 0 Å². The monoisotopic (exact) mass is 227 g/mol. The van der Waals surface area contributed by atoms with Gasteiger partial charge in [-0.3, -0.25) is 9.59 Å². The van der Waals surface area contributed by atoms with Crippen LogP contribution in [0, 0.1) is 5.92 Å². The third kappa shape index (κ3) is 3.48. The van der Waals surface area contributed by atoms with E-state index in [1.165, 1.54) is 4.90 Å². The third-order valence-electron chi connectivity index (χ3n) is 3.16. The summed E-state index contributed by atoms with van der Waals surface area (Å²) in [5.74, 6) is 0.104. The summed E-state index contributed by atoms with van der Waals surface area (Å²) in [6.45, 7) is 3.01. The Kier molecular flexibility index (Phi) is 4.73. The minimum Gasteiger partial charge on any atom is -0.368 e. The molecule has 1 aliphatic heterocycles. The molecule has 0 saturated carbocycles. The molecule has 5 heteroatoms. The van der Waals surface area contributed by atoms with Crippen molar-refractivity contribution in [2.45, 2.75) is 32.2 Å². The minimum absolute atomic E-state index is 0.00615. The molecule has 3 N–H and O–H groups in total. The van der Waals surface area contributed by atoms with Crippen molar-refractivity contribution in [3.05, 3.63) is 0 Å². The van der Waals surface area contributed by atoms with Gasteiger partial charge in [0.05, 0.1) is 12.6 Å². The quantitative estimate of drug-likeness (QED) is 0.693. The van der Waals surface area contributed by atoms with Crippen LogP contribution in [-0.2, 0) is 9.59 Å². The highest BCUT2D eigenvalue weighted by Crippen LogP contribution is 2.20. The van der Waals surface area contributed by atoms with Gasteiger partial charge in [-0.15, -0.1) is 0 Å². The molecule has 0 spiro atoms. The van der Waals surface area contributed by atoms with Crippen molar-refractivity contribution in [1.82, 2.24) is 10.2 Å². The third-order valence-corrected chi connectivity index (χ3v) is 3.16. The molecular formula is C11H21N3O2. The van der Waals surface area contributed by atoms with E-state index in [0.717, 1.165) is 25.8 Å². The molecule has 2 unspecified atom stereocenters. The van der Waals surface area contributed by atoms with E-state index in [1.54, 1.807) is 7.05 Å². The van der Waals surface area contributed by atoms with Crippen LogP contribution in [0.5, 0.6) is 0 Å². The van der Waals surface area contributed by atoms with Crippen molar-refractivity contribution in [1.29, 1.82) is 0 Å². The molecule has 0 aromatic carbocycles. The van der Waals surface area contributed by atoms with Crippen LogP contribution in [0.2, 0.25) is 0 Å². The van der Waals surface area contributed by atoms with Gasteiger partial charge in [-0.25, -0.2) is 0 Å². The van der Waals surface area contributed by atoms with Crippen molar-refractivity contribution in [2.75, 3.05) is 20.1 Å². The van der Waals surface area contributed by atoms with Crippen molar-refractivity contribution in [2.24, 2.45) is 11.7 Å². The van der Waals surface area contributed by atoms with Crippen LogP contribution in [0.15, 0.2) is 0 Å². The fourth-order valence-electron chi connectivity index (χ4n) is 2.13. The fourth-order valence-corrected chi connectivity index (χ4v) is 2.13. The lowest BCUT2D eigenvalue weighted by Gasteiger charge is -2.31. The second-order valence-corrected chi connectivity index (χ2v) is 4.47. The Morgan fingerprint density at radius 1 is 1.50 bits per heavy atom. The number of nitrogens with zero attached hydrogens (tertiary/aromatic N) is 1. The highest BCUT2D eigenvalue weighted by Gasteiger charge is 2.28. The zero-order chi connectivity index (χ0) is 12.1. The zero-order valence-corrected chi connectivity index (χ0v) is 10.0. The average molecular weight is 227 g/mol. The molecule has 1 heterocycles. The molecule has 2 amide bonds. The van der Waals surface area contributed by atoms with Crippen LogP contribution >= 0.6 is 0 Å². The zero-order valence-electron chi connectivity index (χ0n) is 10.0. The summed E-state index contributed by atoms with van der Waals surface area (Å²) in [7, 11) is 1.62. The summed E-state index contributed by atoms with van der Waals surface area (Å²) in [6.07, 6.45) is 3.09. The standard InChI is InChI=1S/C11H21N3O2/c1-3-8-4-5-13-9(6-8)11(16)14(2)7-10(12)15/h8-9,13H,3-7H2,1-2H3,(H2,12,15). The lowest BCUT2D eigenvalue weighted by molar-refractivity contribution is -0.136. The van der Waals surface area contributed by atoms with Crippen LogP contribution in [0.25, 0.3) is 0 Å². The molecule has 1 saturated heterocycles. The van der Waals surface area contributed by atoms with Gasteiger partial charge in [-0.2, -0.15) is 0 Å². The maximum absolute atomic E-state index is 12.0. The smallest absolute Gasteiger partial charge is 0.239 e. The molecule has 1 aliphatic rings. The number of amides is 2. The van der Waals surface area contributed by atoms with Gasteiger partial charge in [-0.05, 0) is 25.3 Å². The van der Waals surface area contributed by atoms with Crippen LogP contribution in [0.1, 0.15) is 26.2 Å². The summed E-state index contributed by atoms with van der Waals surface area (Å²) in [5.41, 5.74) is 5.06. The molecule has 2 atom stereocenters. The molecule has 0 aromatic heterocycles. The Morgan fingerprint density at radius 3 is 2.75 bits per heavy atom. The first-order chi connectivity index (χ1) is 7.54. The predicted molar refractivity (Wildman–Crippen MR) is 61.6 cm³/mol. The minimum atomic E-state index is -0.473. The number of nitrogens with two attached hydrogens (primary N) is 1. The van der Waals surface area contributed by atoms with Crippen molar-refractivity contribution in [3.8, 4) is 0 Å². The number of primary amides is 1. The van der Waals surface area contributed by atoms with Crippen LogP contribution in [0.3, 0.4) is 0 Å². The fraction of sp³-hybridized carbons (Fsp3) is 0.818. The molecule has 5 nitrogen and oxygen atoms in total. The van der Waals surface area contributed by atoms with E-state index in [0.29, 0.717) is 5.92 Å². The van der Waals surface area contributed by atoms with E-state index in [1.807, 2.05) is 0 Å². The van der Waals surface area contributed by atoms with E-state index in [2.05, 4.69) is 12.2 Å². The lowest BCUT2D eigenvalue weighted by Crippen LogP contribution is -2.50. The number of rotatable bonds is 4. The number of piperidine rings is 1. The van der Waals surface area contributed by atoms with E-state index >= 15 is 0 Å². The summed E-state index contributed by atoms with van der Waals surface area (Å²) in [4.78, 5) is 24.1. The maximum atomic E-state index is 12.0. The number of hydrogen-bond acceptors (Lipinski definition) is 3. The van der Waals surface area contributed by atoms with Gasteiger partial charge in [-0.1, -0.05) is 13.3 Å². The van der Waals surface area contributed by atoms with Gasteiger partial charge in [0.2, 0.25) is 11.8 Å². The number of nitrogens with one attached hydrogen (secondary N) is 1. The molecule has 1 fully saturated rings. The number of likely N-dealkylation sites (N-methyl/N-ethyl adjacent to an activating group) is 1. The second kappa shape index (κ2) is 5.84. The van der Waals surface area contributed by atoms with Crippen LogP contribution < -0.4 is 11.1 Å². The molecule has 16 heavy (non-hydrogen) atoms. The van der Waals surface area contributed by atoms with Crippen molar-refractivity contribution >= 4 is 11.8 Å². The summed E-state index contributed by atoms with van der Waals surface area (Å²) >= 11 is 0. The molecule has 92 valence electrons. The Bertz CT molecular complexity index is 268. The largest absolute Gasteiger partial charge is 0.368 e. The summed E-state index contributed by atoms with van der Waals surface area (Å²) in [5, 5.41) is 3.19. The first-order valence-electron chi connectivity index (χ1n) is 5.81. The number of carbonyl (C=O) groups excluding carboxylic acids is 2. The van der Waals surface area contributed by atoms with Gasteiger partial charge >= 0.3 is 0 Å². The molecule has 0 radical (unpaired) electrons. The topological polar surface area (TPSA) is 75.4 Å². The average Bonchev–Trinajstić information content (AvgIpc) is 2.27. The lowest BCUT2D eigenvalue weighted by atomic mass is 9.90. The Labute approximate surface area is 96.4 Å². The summed E-state index contributed by atoms with van der Waals surface area (Å²) in [6, 6.07) is -0.150.